The number of rotatable bonds is 1. The lowest BCUT2D eigenvalue weighted by atomic mass is 9.95. The number of hydrogen-bond acceptors (Lipinski definition) is 2. The van der Waals surface area contributed by atoms with Crippen LogP contribution in [0.15, 0.2) is 17.1 Å². The minimum atomic E-state index is -0.0212. The molecule has 1 aromatic heterocycles. The number of nitrogens with zero attached hydrogens (tertiary/aromatic N) is 2. The van der Waals surface area contributed by atoms with Crippen molar-refractivity contribution in [1.82, 2.24) is 9.13 Å². The van der Waals surface area contributed by atoms with Crippen molar-refractivity contribution in [2.24, 2.45) is 7.05 Å². The minimum absolute atomic E-state index is 0.0212. The zero-order valence-electron chi connectivity index (χ0n) is 8.98. The van der Waals surface area contributed by atoms with Gasteiger partial charge < -0.3 is 4.57 Å². The van der Waals surface area contributed by atoms with E-state index in [1.165, 1.54) is 32.1 Å². The Bertz CT molecular complexity index is 454. The first kappa shape index (κ1) is 10.6. The van der Waals surface area contributed by atoms with E-state index in [2.05, 4.69) is 4.57 Å². The highest BCUT2D eigenvalue weighted by Gasteiger charge is 2.15. The van der Waals surface area contributed by atoms with Gasteiger partial charge in [0.15, 0.2) is 4.77 Å². The van der Waals surface area contributed by atoms with Gasteiger partial charge in [0, 0.05) is 25.4 Å². The summed E-state index contributed by atoms with van der Waals surface area (Å²) in [5.41, 5.74) is -0.0212. The summed E-state index contributed by atoms with van der Waals surface area (Å²) in [7, 11) is 1.74. The van der Waals surface area contributed by atoms with Crippen molar-refractivity contribution in [2.75, 3.05) is 0 Å². The quantitative estimate of drug-likeness (QED) is 0.685. The summed E-state index contributed by atoms with van der Waals surface area (Å²) in [4.78, 5) is 11.4. The molecule has 0 radical (unpaired) electrons. The summed E-state index contributed by atoms with van der Waals surface area (Å²) in [6, 6.07) is 2.10. The molecule has 1 saturated carbocycles. The average molecular weight is 224 g/mol. The molecule has 1 aromatic rings. The molecule has 15 heavy (non-hydrogen) atoms. The van der Waals surface area contributed by atoms with Gasteiger partial charge in [0.2, 0.25) is 0 Å². The van der Waals surface area contributed by atoms with E-state index < -0.39 is 0 Å². The summed E-state index contributed by atoms with van der Waals surface area (Å²) in [5.74, 6) is 0. The molecule has 0 atom stereocenters. The van der Waals surface area contributed by atoms with Gasteiger partial charge in [0.05, 0.1) is 0 Å². The van der Waals surface area contributed by atoms with Gasteiger partial charge in [0.25, 0.3) is 5.56 Å². The lowest BCUT2D eigenvalue weighted by molar-refractivity contribution is 0.342. The van der Waals surface area contributed by atoms with Gasteiger partial charge >= 0.3 is 0 Å². The Morgan fingerprint density at radius 1 is 1.33 bits per heavy atom. The van der Waals surface area contributed by atoms with Gasteiger partial charge in [-0.3, -0.25) is 9.36 Å². The first-order valence-electron chi connectivity index (χ1n) is 5.48. The van der Waals surface area contributed by atoms with E-state index in [1.54, 1.807) is 17.7 Å². The predicted octanol–water partition coefficient (Wildman–Crippen LogP) is 2.42. The van der Waals surface area contributed by atoms with Crippen LogP contribution in [0, 0.1) is 4.77 Å². The molecule has 1 heterocycles. The van der Waals surface area contributed by atoms with Crippen LogP contribution < -0.4 is 5.56 Å². The van der Waals surface area contributed by atoms with Crippen LogP contribution in [0.25, 0.3) is 0 Å². The summed E-state index contributed by atoms with van der Waals surface area (Å²) in [5, 5.41) is 0. The highest BCUT2D eigenvalue weighted by Crippen LogP contribution is 2.27. The Hall–Kier alpha value is -0.900. The molecule has 1 fully saturated rings. The fraction of sp³-hybridized carbons (Fsp3) is 0.636. The van der Waals surface area contributed by atoms with E-state index in [0.717, 1.165) is 0 Å². The Morgan fingerprint density at radius 3 is 2.67 bits per heavy atom. The number of hydrogen-bond donors (Lipinski definition) is 0. The van der Waals surface area contributed by atoms with Gasteiger partial charge in [-0.25, -0.2) is 0 Å². The molecule has 0 aliphatic heterocycles. The van der Waals surface area contributed by atoms with Crippen molar-refractivity contribution >= 4 is 12.2 Å². The highest BCUT2D eigenvalue weighted by molar-refractivity contribution is 7.71. The van der Waals surface area contributed by atoms with Gasteiger partial charge in [0.1, 0.15) is 0 Å². The van der Waals surface area contributed by atoms with E-state index in [4.69, 9.17) is 12.2 Å². The van der Waals surface area contributed by atoms with E-state index in [1.807, 2.05) is 6.20 Å². The Labute approximate surface area is 94.4 Å². The molecular weight excluding hydrogens is 208 g/mol. The van der Waals surface area contributed by atoms with E-state index in [-0.39, 0.29) is 5.56 Å². The smallest absolute Gasteiger partial charge is 0.253 e. The normalized spacial score (nSPS) is 17.9. The van der Waals surface area contributed by atoms with Crippen molar-refractivity contribution in [3.05, 3.63) is 27.4 Å². The van der Waals surface area contributed by atoms with E-state index in [9.17, 15) is 4.79 Å². The first-order chi connectivity index (χ1) is 7.20. The average Bonchev–Trinajstić information content (AvgIpc) is 2.27. The van der Waals surface area contributed by atoms with Crippen LogP contribution in [0.1, 0.15) is 38.1 Å². The maximum atomic E-state index is 11.4. The molecule has 3 nitrogen and oxygen atoms in total. The summed E-state index contributed by atoms with van der Waals surface area (Å²) in [6.45, 7) is 0. The summed E-state index contributed by atoms with van der Waals surface area (Å²) < 4.78 is 4.27. The minimum Gasteiger partial charge on any atom is -0.322 e. The van der Waals surface area contributed by atoms with Crippen LogP contribution >= 0.6 is 12.2 Å². The SMILES string of the molecule is Cn1c(=O)ccn(C2CCCCC2)c1=S. The van der Waals surface area contributed by atoms with Crippen molar-refractivity contribution in [1.29, 1.82) is 0 Å². The van der Waals surface area contributed by atoms with Gasteiger partial charge in [-0.15, -0.1) is 0 Å². The molecule has 4 heteroatoms. The predicted molar refractivity (Wildman–Crippen MR) is 62.6 cm³/mol. The molecule has 0 amide bonds. The molecule has 0 spiro atoms. The van der Waals surface area contributed by atoms with Crippen LogP contribution in [-0.2, 0) is 7.05 Å². The molecule has 1 aliphatic rings. The van der Waals surface area contributed by atoms with Crippen LogP contribution in [0.3, 0.4) is 0 Å². The fourth-order valence-corrected chi connectivity index (χ4v) is 2.52. The number of aromatic nitrogens is 2. The monoisotopic (exact) mass is 224 g/mol. The van der Waals surface area contributed by atoms with Crippen LogP contribution in [0.5, 0.6) is 0 Å². The lowest BCUT2D eigenvalue weighted by Crippen LogP contribution is -2.24. The van der Waals surface area contributed by atoms with Crippen molar-refractivity contribution in [3.63, 3.8) is 0 Å². The standard InChI is InChI=1S/C11H16N2OS/c1-12-10(14)7-8-13(11(12)15)9-5-3-2-4-6-9/h7-9H,2-6H2,1H3. The first-order valence-corrected chi connectivity index (χ1v) is 5.89. The molecule has 1 aliphatic carbocycles. The second kappa shape index (κ2) is 4.31. The molecule has 0 N–H and O–H groups in total. The third kappa shape index (κ3) is 2.04. The van der Waals surface area contributed by atoms with Crippen LogP contribution in [-0.4, -0.2) is 9.13 Å². The van der Waals surface area contributed by atoms with Crippen molar-refractivity contribution in [2.45, 2.75) is 38.1 Å². The molecule has 2 rings (SSSR count). The second-order valence-corrected chi connectivity index (χ2v) is 4.56. The van der Waals surface area contributed by atoms with Gasteiger partial charge in [-0.1, -0.05) is 19.3 Å². The Kier molecular flexibility index (Phi) is 3.05. The summed E-state index contributed by atoms with van der Waals surface area (Å²) >= 11 is 5.29. The Morgan fingerprint density at radius 2 is 2.00 bits per heavy atom. The highest BCUT2D eigenvalue weighted by atomic mass is 32.1. The molecule has 0 saturated heterocycles. The Balaban J connectivity index is 2.40. The molecular formula is C11H16N2OS. The lowest BCUT2D eigenvalue weighted by Gasteiger charge is -2.24. The van der Waals surface area contributed by atoms with Crippen LogP contribution in [0.4, 0.5) is 0 Å². The largest absolute Gasteiger partial charge is 0.322 e. The molecule has 82 valence electrons. The summed E-state index contributed by atoms with van der Waals surface area (Å²) in [6.07, 6.45) is 8.10. The molecule has 0 bridgehead atoms. The maximum Gasteiger partial charge on any atom is 0.253 e. The zero-order chi connectivity index (χ0) is 10.8. The van der Waals surface area contributed by atoms with Crippen molar-refractivity contribution < 1.29 is 0 Å². The van der Waals surface area contributed by atoms with Crippen molar-refractivity contribution in [3.8, 4) is 0 Å². The van der Waals surface area contributed by atoms with Crippen LogP contribution in [0.2, 0.25) is 0 Å². The third-order valence-electron chi connectivity index (χ3n) is 3.18. The topological polar surface area (TPSA) is 26.9 Å². The maximum absolute atomic E-state index is 11.4. The van der Waals surface area contributed by atoms with Gasteiger partial charge in [-0.2, -0.15) is 0 Å². The molecule has 0 aromatic carbocycles. The van der Waals surface area contributed by atoms with E-state index in [0.29, 0.717) is 10.8 Å². The molecule has 0 unspecified atom stereocenters. The second-order valence-electron chi connectivity index (χ2n) is 4.19. The fourth-order valence-electron chi connectivity index (χ4n) is 2.22. The van der Waals surface area contributed by atoms with Gasteiger partial charge in [-0.05, 0) is 25.1 Å². The zero-order valence-corrected chi connectivity index (χ0v) is 9.80. The third-order valence-corrected chi connectivity index (χ3v) is 3.67. The van der Waals surface area contributed by atoms with E-state index >= 15 is 0 Å².